The first kappa shape index (κ1) is 13.8. The molecule has 0 aliphatic heterocycles. The molecule has 0 aromatic heterocycles. The van der Waals surface area contributed by atoms with Crippen LogP contribution < -0.4 is 0 Å². The molecule has 0 fully saturated rings. The van der Waals surface area contributed by atoms with Gasteiger partial charge in [-0.3, -0.25) is 9.18 Å². The average molecular weight is 222 g/mol. The average Bonchev–Trinajstić information content (AvgIpc) is 2.11. The number of thioether (sulfide) groups is 1. The summed E-state index contributed by atoms with van der Waals surface area (Å²) in [4.78, 5) is 11.3. The van der Waals surface area contributed by atoms with E-state index in [-0.39, 0.29) is 24.0 Å². The molecule has 0 radical (unpaired) electrons. The van der Waals surface area contributed by atoms with Crippen LogP contribution in [0.5, 0.6) is 0 Å². The van der Waals surface area contributed by atoms with Gasteiger partial charge in [0.25, 0.3) is 0 Å². The van der Waals surface area contributed by atoms with Crippen molar-refractivity contribution in [2.45, 2.75) is 45.0 Å². The van der Waals surface area contributed by atoms with E-state index >= 15 is 0 Å². The van der Waals surface area contributed by atoms with Gasteiger partial charge in [0.2, 0.25) is 0 Å². The second-order valence-corrected chi connectivity index (χ2v) is 4.84. The van der Waals surface area contributed by atoms with Gasteiger partial charge in [-0.1, -0.05) is 0 Å². The summed E-state index contributed by atoms with van der Waals surface area (Å²) >= 11 is 1.53. The van der Waals surface area contributed by atoms with Crippen LogP contribution in [-0.2, 0) is 9.53 Å². The Hall–Kier alpha value is -0.250. The molecule has 0 bridgehead atoms. The molecule has 0 heterocycles. The van der Waals surface area contributed by atoms with Crippen LogP contribution in [0.15, 0.2) is 0 Å². The Morgan fingerprint density at radius 3 is 2.50 bits per heavy atom. The van der Waals surface area contributed by atoms with Crippen LogP contribution in [0.25, 0.3) is 0 Å². The predicted molar refractivity (Wildman–Crippen MR) is 58.4 cm³/mol. The smallest absolute Gasteiger partial charge is 0.319 e. The molecule has 0 aliphatic carbocycles. The maximum atomic E-state index is 11.7. The minimum Gasteiger partial charge on any atom is -0.462 e. The number of carbonyl (C=O) groups is 1. The molecular formula is C10H19FO2S. The Morgan fingerprint density at radius 2 is 2.00 bits per heavy atom. The molecule has 1 atom stereocenters. The van der Waals surface area contributed by atoms with Gasteiger partial charge in [0.15, 0.2) is 0 Å². The van der Waals surface area contributed by atoms with Crippen LogP contribution in [0.3, 0.4) is 0 Å². The van der Waals surface area contributed by atoms with E-state index in [4.69, 9.17) is 4.74 Å². The molecule has 0 aliphatic rings. The highest BCUT2D eigenvalue weighted by molar-refractivity contribution is 8.00. The second kappa shape index (κ2) is 8.09. The SMILES string of the molecule is CC(C)OC(=O)C(C)SCCCCF. The molecule has 0 aromatic carbocycles. The number of halogens is 1. The zero-order valence-corrected chi connectivity index (χ0v) is 9.90. The molecule has 0 N–H and O–H groups in total. The van der Waals surface area contributed by atoms with Crippen molar-refractivity contribution in [3.8, 4) is 0 Å². The summed E-state index contributed by atoms with van der Waals surface area (Å²) < 4.78 is 16.8. The topological polar surface area (TPSA) is 26.3 Å². The Labute approximate surface area is 89.6 Å². The van der Waals surface area contributed by atoms with Crippen LogP contribution in [0, 0.1) is 0 Å². The van der Waals surface area contributed by atoms with Crippen LogP contribution in [0.2, 0.25) is 0 Å². The molecule has 0 amide bonds. The van der Waals surface area contributed by atoms with Gasteiger partial charge in [0.05, 0.1) is 18.0 Å². The normalized spacial score (nSPS) is 12.9. The number of carbonyl (C=O) groups excluding carboxylic acids is 1. The predicted octanol–water partition coefficient (Wildman–Crippen LogP) is 2.81. The van der Waals surface area contributed by atoms with Gasteiger partial charge in [-0.05, 0) is 39.4 Å². The molecule has 0 aromatic rings. The minimum atomic E-state index is -0.272. The molecular weight excluding hydrogens is 203 g/mol. The van der Waals surface area contributed by atoms with Crippen molar-refractivity contribution in [2.24, 2.45) is 0 Å². The minimum absolute atomic E-state index is 0.0589. The quantitative estimate of drug-likeness (QED) is 0.489. The summed E-state index contributed by atoms with van der Waals surface area (Å²) in [5.41, 5.74) is 0. The lowest BCUT2D eigenvalue weighted by Gasteiger charge is -2.13. The first-order chi connectivity index (χ1) is 6.57. The zero-order chi connectivity index (χ0) is 11.0. The number of esters is 1. The third-order valence-electron chi connectivity index (χ3n) is 1.58. The van der Waals surface area contributed by atoms with E-state index in [1.54, 1.807) is 0 Å². The molecule has 0 saturated heterocycles. The summed E-state index contributed by atoms with van der Waals surface area (Å²) in [5, 5.41) is -0.142. The number of unbranched alkanes of at least 4 members (excludes halogenated alkanes) is 1. The molecule has 0 rings (SSSR count). The van der Waals surface area contributed by atoms with Gasteiger partial charge in [0.1, 0.15) is 0 Å². The standard InChI is InChI=1S/C10H19FO2S/c1-8(2)13-10(12)9(3)14-7-5-4-6-11/h8-9H,4-7H2,1-3H3. The van der Waals surface area contributed by atoms with E-state index in [2.05, 4.69) is 0 Å². The van der Waals surface area contributed by atoms with Gasteiger partial charge < -0.3 is 4.74 Å². The van der Waals surface area contributed by atoms with Gasteiger partial charge in [-0.25, -0.2) is 0 Å². The molecule has 2 nitrogen and oxygen atoms in total. The Morgan fingerprint density at radius 1 is 1.36 bits per heavy atom. The molecule has 1 unspecified atom stereocenters. The van der Waals surface area contributed by atoms with Crippen molar-refractivity contribution in [2.75, 3.05) is 12.4 Å². The molecule has 0 spiro atoms. The first-order valence-electron chi connectivity index (χ1n) is 4.96. The first-order valence-corrected chi connectivity index (χ1v) is 6.01. The van der Waals surface area contributed by atoms with E-state index < -0.39 is 0 Å². The monoisotopic (exact) mass is 222 g/mol. The van der Waals surface area contributed by atoms with Crippen LogP contribution in [0.1, 0.15) is 33.6 Å². The number of hydrogen-bond acceptors (Lipinski definition) is 3. The fourth-order valence-electron chi connectivity index (χ4n) is 0.853. The van der Waals surface area contributed by atoms with Gasteiger partial charge in [0, 0.05) is 0 Å². The maximum Gasteiger partial charge on any atom is 0.319 e. The number of hydrogen-bond donors (Lipinski definition) is 0. The number of alkyl halides is 1. The van der Waals surface area contributed by atoms with Crippen molar-refractivity contribution in [3.63, 3.8) is 0 Å². The van der Waals surface area contributed by atoms with Crippen molar-refractivity contribution in [3.05, 3.63) is 0 Å². The largest absolute Gasteiger partial charge is 0.462 e. The van der Waals surface area contributed by atoms with Crippen LogP contribution in [-0.4, -0.2) is 29.8 Å². The summed E-state index contributed by atoms with van der Waals surface area (Å²) in [6.45, 7) is 5.22. The lowest BCUT2D eigenvalue weighted by molar-refractivity contribution is -0.146. The van der Waals surface area contributed by atoms with E-state index in [1.807, 2.05) is 20.8 Å². The summed E-state index contributed by atoms with van der Waals surface area (Å²) in [6, 6.07) is 0. The highest BCUT2D eigenvalue weighted by atomic mass is 32.2. The lowest BCUT2D eigenvalue weighted by atomic mass is 10.4. The maximum absolute atomic E-state index is 11.7. The third-order valence-corrected chi connectivity index (χ3v) is 2.80. The molecule has 0 saturated carbocycles. The Balaban J connectivity index is 3.52. The van der Waals surface area contributed by atoms with Crippen molar-refractivity contribution in [1.29, 1.82) is 0 Å². The summed E-state index contributed by atoms with van der Waals surface area (Å²) in [5.74, 6) is 0.642. The van der Waals surface area contributed by atoms with Crippen LogP contribution in [0.4, 0.5) is 4.39 Å². The van der Waals surface area contributed by atoms with E-state index in [0.717, 1.165) is 12.2 Å². The van der Waals surface area contributed by atoms with E-state index in [0.29, 0.717) is 6.42 Å². The van der Waals surface area contributed by atoms with Crippen molar-refractivity contribution >= 4 is 17.7 Å². The van der Waals surface area contributed by atoms with E-state index in [9.17, 15) is 9.18 Å². The molecule has 4 heteroatoms. The van der Waals surface area contributed by atoms with Crippen molar-refractivity contribution in [1.82, 2.24) is 0 Å². The Kier molecular flexibility index (Phi) is 7.95. The second-order valence-electron chi connectivity index (χ2n) is 3.39. The molecule has 14 heavy (non-hydrogen) atoms. The van der Waals surface area contributed by atoms with Crippen LogP contribution >= 0.6 is 11.8 Å². The third kappa shape index (κ3) is 7.18. The fraction of sp³-hybridized carbons (Fsp3) is 0.900. The highest BCUT2D eigenvalue weighted by Gasteiger charge is 2.15. The van der Waals surface area contributed by atoms with Gasteiger partial charge in [-0.15, -0.1) is 11.8 Å². The number of rotatable bonds is 7. The van der Waals surface area contributed by atoms with Gasteiger partial charge >= 0.3 is 5.97 Å². The van der Waals surface area contributed by atoms with Crippen molar-refractivity contribution < 1.29 is 13.9 Å². The molecule has 84 valence electrons. The van der Waals surface area contributed by atoms with E-state index in [1.165, 1.54) is 11.8 Å². The zero-order valence-electron chi connectivity index (χ0n) is 9.09. The summed E-state index contributed by atoms with van der Waals surface area (Å²) in [6.07, 6.45) is 1.34. The van der Waals surface area contributed by atoms with Gasteiger partial charge in [-0.2, -0.15) is 0 Å². The Bertz CT molecular complexity index is 162. The highest BCUT2D eigenvalue weighted by Crippen LogP contribution is 2.14. The number of ether oxygens (including phenoxy) is 1. The summed E-state index contributed by atoms with van der Waals surface area (Å²) in [7, 11) is 0. The fourth-order valence-corrected chi connectivity index (χ4v) is 1.77. The lowest BCUT2D eigenvalue weighted by Crippen LogP contribution is -2.21.